The van der Waals surface area contributed by atoms with Crippen molar-refractivity contribution in [1.29, 1.82) is 0 Å². The first kappa shape index (κ1) is 16.9. The summed E-state index contributed by atoms with van der Waals surface area (Å²) in [6, 6.07) is 12.7. The molecule has 2 aromatic rings. The Labute approximate surface area is 158 Å². The lowest BCUT2D eigenvalue weighted by Crippen LogP contribution is -2.36. The minimum atomic E-state index is -0.955. The van der Waals surface area contributed by atoms with Gasteiger partial charge in [-0.15, -0.1) is 0 Å². The first-order chi connectivity index (χ1) is 12.5. The van der Waals surface area contributed by atoms with Gasteiger partial charge in [0.1, 0.15) is 12.1 Å². The second-order valence-corrected chi connectivity index (χ2v) is 7.52. The van der Waals surface area contributed by atoms with Gasteiger partial charge in [0.05, 0.1) is 12.1 Å². The number of carbonyl (C=O) groups excluding carboxylic acids is 1. The van der Waals surface area contributed by atoms with Gasteiger partial charge in [-0.05, 0) is 30.2 Å². The predicted molar refractivity (Wildman–Crippen MR) is 101 cm³/mol. The van der Waals surface area contributed by atoms with Crippen LogP contribution >= 0.6 is 15.9 Å². The molecule has 132 valence electrons. The fourth-order valence-electron chi connectivity index (χ4n) is 4.12. The van der Waals surface area contributed by atoms with Gasteiger partial charge >= 0.3 is 0 Å². The van der Waals surface area contributed by atoms with Gasteiger partial charge in [-0.25, -0.2) is 0 Å². The summed E-state index contributed by atoms with van der Waals surface area (Å²) in [7, 11) is 0. The molecule has 0 radical (unpaired) electrons. The number of hydrazone groups is 1. The third-order valence-corrected chi connectivity index (χ3v) is 5.69. The fraction of sp³-hybridized carbons (Fsp3) is 0.263. The monoisotopic (exact) mass is 413 g/mol. The van der Waals surface area contributed by atoms with E-state index in [-0.39, 0.29) is 10.7 Å². The van der Waals surface area contributed by atoms with E-state index in [1.165, 1.54) is 6.92 Å². The molecule has 0 bridgehead atoms. The maximum atomic E-state index is 12.5. The minimum absolute atomic E-state index is 0.121. The van der Waals surface area contributed by atoms with Crippen LogP contribution in [-0.4, -0.2) is 34.0 Å². The van der Waals surface area contributed by atoms with Crippen LogP contribution in [0.15, 0.2) is 58.1 Å². The highest BCUT2D eigenvalue weighted by Crippen LogP contribution is 2.49. The summed E-state index contributed by atoms with van der Waals surface area (Å²) < 4.78 is 0.886. The zero-order valence-corrected chi connectivity index (χ0v) is 15.5. The number of nitro groups is 1. The Bertz CT molecular complexity index is 913. The number of hydrogen-bond acceptors (Lipinski definition) is 5. The van der Waals surface area contributed by atoms with Crippen LogP contribution in [0.4, 0.5) is 0 Å². The largest absolute Gasteiger partial charge is 0.298 e. The van der Waals surface area contributed by atoms with Crippen molar-refractivity contribution in [2.75, 3.05) is 0 Å². The Morgan fingerprint density at radius 1 is 1.19 bits per heavy atom. The summed E-state index contributed by atoms with van der Waals surface area (Å²) in [5.74, 6) is -0.687. The fourth-order valence-corrected chi connectivity index (χ4v) is 4.39. The number of fused-ring (bicyclic) bond motifs is 3. The van der Waals surface area contributed by atoms with E-state index in [4.69, 9.17) is 0 Å². The van der Waals surface area contributed by atoms with Crippen molar-refractivity contribution >= 4 is 27.9 Å². The molecule has 0 amide bonds. The van der Waals surface area contributed by atoms with Crippen molar-refractivity contribution in [2.45, 2.75) is 31.0 Å². The molecule has 0 aromatic heterocycles. The van der Waals surface area contributed by atoms with Crippen LogP contribution in [0.5, 0.6) is 0 Å². The summed E-state index contributed by atoms with van der Waals surface area (Å²) in [6.45, 7) is 1.48. The standard InChI is InChI=1S/C19H16BrN3O3/c1-11(24)17-16(12-6-8-14(20)9-7-12)19(23(25)26)18-15-5-3-2-4-13(15)10-21-22(17)18/h2-10,16-19H,1H3/t16-,17-,18-,19+/m1/s1. The molecule has 1 saturated heterocycles. The van der Waals surface area contributed by atoms with Crippen LogP contribution in [0.1, 0.15) is 35.6 Å². The Hall–Kier alpha value is -2.54. The average molecular weight is 414 g/mol. The van der Waals surface area contributed by atoms with Gasteiger partial charge in [0.2, 0.25) is 6.04 Å². The van der Waals surface area contributed by atoms with Crippen LogP contribution in [0.2, 0.25) is 0 Å². The summed E-state index contributed by atoms with van der Waals surface area (Å²) >= 11 is 3.39. The van der Waals surface area contributed by atoms with Crippen LogP contribution in [0.25, 0.3) is 0 Å². The van der Waals surface area contributed by atoms with Gasteiger partial charge in [0, 0.05) is 15.0 Å². The van der Waals surface area contributed by atoms with Crippen molar-refractivity contribution in [3.63, 3.8) is 0 Å². The number of halogens is 1. The van der Waals surface area contributed by atoms with Gasteiger partial charge < -0.3 is 0 Å². The molecular weight excluding hydrogens is 398 g/mol. The predicted octanol–water partition coefficient (Wildman–Crippen LogP) is 3.54. The van der Waals surface area contributed by atoms with E-state index in [1.807, 2.05) is 48.5 Å². The molecule has 0 spiro atoms. The molecule has 7 heteroatoms. The number of nitrogens with zero attached hydrogens (tertiary/aromatic N) is 3. The molecule has 1 fully saturated rings. The van der Waals surface area contributed by atoms with E-state index >= 15 is 0 Å². The molecule has 0 unspecified atom stereocenters. The van der Waals surface area contributed by atoms with Gasteiger partial charge in [0.15, 0.2) is 5.78 Å². The molecule has 0 N–H and O–H groups in total. The quantitative estimate of drug-likeness (QED) is 0.569. The third-order valence-electron chi connectivity index (χ3n) is 5.16. The number of hydrogen-bond donors (Lipinski definition) is 0. The van der Waals surface area contributed by atoms with Crippen molar-refractivity contribution < 1.29 is 9.72 Å². The second-order valence-electron chi connectivity index (χ2n) is 6.61. The van der Waals surface area contributed by atoms with Crippen molar-refractivity contribution in [3.05, 3.63) is 79.8 Å². The second kappa shape index (κ2) is 6.32. The third kappa shape index (κ3) is 2.54. The maximum absolute atomic E-state index is 12.5. The molecular formula is C19H16BrN3O3. The van der Waals surface area contributed by atoms with Gasteiger partial charge in [-0.3, -0.25) is 19.9 Å². The van der Waals surface area contributed by atoms with E-state index in [9.17, 15) is 14.9 Å². The Morgan fingerprint density at radius 2 is 1.88 bits per heavy atom. The number of ketones is 1. The van der Waals surface area contributed by atoms with E-state index in [0.29, 0.717) is 0 Å². The zero-order chi connectivity index (χ0) is 18.4. The molecule has 2 aliphatic heterocycles. The first-order valence-corrected chi connectivity index (χ1v) is 9.09. The highest BCUT2D eigenvalue weighted by Gasteiger charge is 2.59. The molecule has 26 heavy (non-hydrogen) atoms. The Kier molecular flexibility index (Phi) is 4.11. The van der Waals surface area contributed by atoms with E-state index in [2.05, 4.69) is 21.0 Å². The molecule has 2 heterocycles. The highest BCUT2D eigenvalue weighted by molar-refractivity contribution is 9.10. The van der Waals surface area contributed by atoms with Crippen LogP contribution < -0.4 is 0 Å². The zero-order valence-electron chi connectivity index (χ0n) is 13.9. The number of rotatable bonds is 3. The number of carbonyl (C=O) groups is 1. The molecule has 0 saturated carbocycles. The topological polar surface area (TPSA) is 75.8 Å². The minimum Gasteiger partial charge on any atom is -0.298 e. The molecule has 4 atom stereocenters. The molecule has 2 aliphatic rings. The lowest BCUT2D eigenvalue weighted by molar-refractivity contribution is -0.529. The van der Waals surface area contributed by atoms with Crippen LogP contribution in [0, 0.1) is 10.1 Å². The summed E-state index contributed by atoms with van der Waals surface area (Å²) in [5.41, 5.74) is 2.48. The van der Waals surface area contributed by atoms with E-state index in [1.54, 1.807) is 11.2 Å². The van der Waals surface area contributed by atoms with Crippen LogP contribution in [-0.2, 0) is 4.79 Å². The Balaban J connectivity index is 1.91. The normalized spacial score (nSPS) is 26.3. The van der Waals surface area contributed by atoms with Gasteiger partial charge in [-0.1, -0.05) is 52.3 Å². The van der Waals surface area contributed by atoms with Gasteiger partial charge in [0.25, 0.3) is 0 Å². The van der Waals surface area contributed by atoms with Crippen molar-refractivity contribution in [2.24, 2.45) is 5.10 Å². The van der Waals surface area contributed by atoms with E-state index < -0.39 is 24.0 Å². The first-order valence-electron chi connectivity index (χ1n) is 8.29. The summed E-state index contributed by atoms with van der Waals surface area (Å²) in [6.07, 6.45) is 1.68. The van der Waals surface area contributed by atoms with Gasteiger partial charge in [-0.2, -0.15) is 5.10 Å². The average Bonchev–Trinajstić information content (AvgIpc) is 2.98. The molecule has 6 nitrogen and oxygen atoms in total. The summed E-state index contributed by atoms with van der Waals surface area (Å²) in [4.78, 5) is 24.3. The lowest BCUT2D eigenvalue weighted by atomic mass is 9.84. The SMILES string of the molecule is CC(=O)[C@@H]1[C@@H](c2ccc(Br)cc2)[C@H]([N+](=O)[O-])[C@H]2c3ccccc3C=NN12. The summed E-state index contributed by atoms with van der Waals surface area (Å²) in [5, 5.41) is 18.2. The number of benzene rings is 2. The van der Waals surface area contributed by atoms with Crippen molar-refractivity contribution in [3.8, 4) is 0 Å². The van der Waals surface area contributed by atoms with E-state index in [0.717, 1.165) is 21.2 Å². The molecule has 2 aromatic carbocycles. The highest BCUT2D eigenvalue weighted by atomic mass is 79.9. The molecule has 4 rings (SSSR count). The Morgan fingerprint density at radius 3 is 2.54 bits per heavy atom. The molecule has 0 aliphatic carbocycles. The smallest absolute Gasteiger partial charge is 0.248 e. The van der Waals surface area contributed by atoms with Crippen LogP contribution in [0.3, 0.4) is 0 Å². The maximum Gasteiger partial charge on any atom is 0.248 e. The lowest BCUT2D eigenvalue weighted by Gasteiger charge is -2.30. The number of Topliss-reactive ketones (excluding diaryl/α,β-unsaturated/α-hetero) is 1. The van der Waals surface area contributed by atoms with Crippen molar-refractivity contribution in [1.82, 2.24) is 5.01 Å².